The molecule has 3 unspecified atom stereocenters. The molecule has 1 N–H and O–H groups in total. The number of hydrogen-bond acceptors (Lipinski definition) is 5. The zero-order chi connectivity index (χ0) is 12.9. The molecular weight excluding hydrogens is 270 g/mol. The summed E-state index contributed by atoms with van der Waals surface area (Å²) < 4.78 is 27.4. The normalized spacial score (nSPS) is 32.9. The Morgan fingerprint density at radius 2 is 2.28 bits per heavy atom. The third-order valence-electron chi connectivity index (χ3n) is 3.84. The molecule has 2 saturated heterocycles. The lowest BCUT2D eigenvalue weighted by atomic mass is 10.0. The summed E-state index contributed by atoms with van der Waals surface area (Å²) >= 11 is 1.26. The Labute approximate surface area is 111 Å². The average Bonchev–Trinajstić information content (AvgIpc) is 2.92. The standard InChI is InChI=1S/C11H17N3O2S2/c1-7-3-9-4-12-5-10(9)14(7)18(15,16)11-6-13-8(2)17-11/h6-7,9-10,12H,3-5H2,1-2H3. The second-order valence-electron chi connectivity index (χ2n) is 5.10. The largest absolute Gasteiger partial charge is 0.315 e. The fourth-order valence-electron chi connectivity index (χ4n) is 3.11. The maximum absolute atomic E-state index is 12.7. The monoisotopic (exact) mass is 287 g/mol. The van der Waals surface area contributed by atoms with Crippen LogP contribution in [0.2, 0.25) is 0 Å². The highest BCUT2D eigenvalue weighted by Gasteiger charge is 2.48. The van der Waals surface area contributed by atoms with Crippen LogP contribution in [0.15, 0.2) is 10.4 Å². The molecule has 3 rings (SSSR count). The molecule has 3 heterocycles. The number of aromatic nitrogens is 1. The van der Waals surface area contributed by atoms with Crippen molar-refractivity contribution in [3.8, 4) is 0 Å². The molecule has 0 bridgehead atoms. The van der Waals surface area contributed by atoms with E-state index in [9.17, 15) is 8.42 Å². The third kappa shape index (κ3) is 1.80. The lowest BCUT2D eigenvalue weighted by Crippen LogP contribution is -2.42. The molecule has 5 nitrogen and oxygen atoms in total. The van der Waals surface area contributed by atoms with Gasteiger partial charge in [-0.1, -0.05) is 0 Å². The Balaban J connectivity index is 1.98. The molecule has 2 aliphatic heterocycles. The fraction of sp³-hybridized carbons (Fsp3) is 0.727. The van der Waals surface area contributed by atoms with Crippen molar-refractivity contribution in [1.82, 2.24) is 14.6 Å². The second kappa shape index (κ2) is 4.26. The number of sulfonamides is 1. The smallest absolute Gasteiger partial charge is 0.254 e. The molecule has 0 aromatic carbocycles. The molecule has 0 spiro atoms. The van der Waals surface area contributed by atoms with E-state index >= 15 is 0 Å². The van der Waals surface area contributed by atoms with Gasteiger partial charge in [0.1, 0.15) is 0 Å². The molecule has 3 atom stereocenters. The topological polar surface area (TPSA) is 62.3 Å². The Kier molecular flexibility index (Phi) is 2.97. The predicted molar refractivity (Wildman–Crippen MR) is 70.1 cm³/mol. The molecule has 0 radical (unpaired) electrons. The van der Waals surface area contributed by atoms with Crippen molar-refractivity contribution in [2.75, 3.05) is 13.1 Å². The van der Waals surface area contributed by atoms with Gasteiger partial charge in [-0.15, -0.1) is 11.3 Å². The summed E-state index contributed by atoms with van der Waals surface area (Å²) in [5.41, 5.74) is 0. The zero-order valence-electron chi connectivity index (χ0n) is 10.5. The minimum absolute atomic E-state index is 0.0921. The van der Waals surface area contributed by atoms with Crippen molar-refractivity contribution < 1.29 is 8.42 Å². The number of fused-ring (bicyclic) bond motifs is 1. The highest BCUT2D eigenvalue weighted by molar-refractivity contribution is 7.91. The van der Waals surface area contributed by atoms with Crippen LogP contribution in [-0.2, 0) is 10.0 Å². The van der Waals surface area contributed by atoms with E-state index in [0.717, 1.165) is 24.5 Å². The third-order valence-corrected chi connectivity index (χ3v) is 7.23. The van der Waals surface area contributed by atoms with Crippen LogP contribution < -0.4 is 5.32 Å². The van der Waals surface area contributed by atoms with Crippen LogP contribution in [0.3, 0.4) is 0 Å². The van der Waals surface area contributed by atoms with Gasteiger partial charge in [-0.2, -0.15) is 4.31 Å². The average molecular weight is 287 g/mol. The van der Waals surface area contributed by atoms with E-state index in [4.69, 9.17) is 0 Å². The Hall–Kier alpha value is -0.500. The van der Waals surface area contributed by atoms with Crippen LogP contribution in [0.25, 0.3) is 0 Å². The van der Waals surface area contributed by atoms with Crippen molar-refractivity contribution in [3.63, 3.8) is 0 Å². The maximum Gasteiger partial charge on any atom is 0.254 e. The first-order chi connectivity index (χ1) is 8.50. The minimum atomic E-state index is -3.37. The van der Waals surface area contributed by atoms with Crippen LogP contribution in [0, 0.1) is 12.8 Å². The molecule has 2 fully saturated rings. The van der Waals surface area contributed by atoms with Gasteiger partial charge in [0.15, 0.2) is 4.21 Å². The second-order valence-corrected chi connectivity index (χ2v) is 8.41. The van der Waals surface area contributed by atoms with E-state index in [1.54, 1.807) is 4.31 Å². The lowest BCUT2D eigenvalue weighted by Gasteiger charge is -2.25. The summed E-state index contributed by atoms with van der Waals surface area (Å²) in [7, 11) is -3.37. The van der Waals surface area contributed by atoms with Crippen LogP contribution in [0.5, 0.6) is 0 Å². The van der Waals surface area contributed by atoms with Crippen molar-refractivity contribution in [2.45, 2.75) is 36.6 Å². The van der Waals surface area contributed by atoms with Gasteiger partial charge in [-0.05, 0) is 32.7 Å². The van der Waals surface area contributed by atoms with Gasteiger partial charge < -0.3 is 5.32 Å². The number of rotatable bonds is 2. The van der Waals surface area contributed by atoms with Crippen molar-refractivity contribution >= 4 is 21.4 Å². The van der Waals surface area contributed by atoms with Gasteiger partial charge >= 0.3 is 0 Å². The molecule has 7 heteroatoms. The van der Waals surface area contributed by atoms with E-state index in [1.807, 2.05) is 13.8 Å². The summed E-state index contributed by atoms with van der Waals surface area (Å²) in [5, 5.41) is 4.08. The molecule has 1 aromatic heterocycles. The van der Waals surface area contributed by atoms with Gasteiger partial charge in [0.05, 0.1) is 11.2 Å². The SMILES string of the molecule is Cc1ncc(S(=O)(=O)N2C(C)CC3CNCC32)s1. The summed E-state index contributed by atoms with van der Waals surface area (Å²) in [4.78, 5) is 4.06. The molecule has 2 aliphatic rings. The Morgan fingerprint density at radius 1 is 1.50 bits per heavy atom. The zero-order valence-corrected chi connectivity index (χ0v) is 12.1. The van der Waals surface area contributed by atoms with Gasteiger partial charge in [0.25, 0.3) is 10.0 Å². The van der Waals surface area contributed by atoms with Gasteiger partial charge in [-0.25, -0.2) is 13.4 Å². The van der Waals surface area contributed by atoms with E-state index in [2.05, 4.69) is 10.3 Å². The first kappa shape index (κ1) is 12.5. The van der Waals surface area contributed by atoms with Crippen LogP contribution >= 0.6 is 11.3 Å². The van der Waals surface area contributed by atoms with E-state index < -0.39 is 10.0 Å². The lowest BCUT2D eigenvalue weighted by molar-refractivity contribution is 0.336. The van der Waals surface area contributed by atoms with Crippen LogP contribution in [0.4, 0.5) is 0 Å². The molecule has 100 valence electrons. The number of hydrogen-bond donors (Lipinski definition) is 1. The summed E-state index contributed by atoms with van der Waals surface area (Å²) in [6.45, 7) is 5.54. The van der Waals surface area contributed by atoms with Gasteiger partial charge in [0.2, 0.25) is 0 Å². The first-order valence-electron chi connectivity index (χ1n) is 6.17. The number of thiazole rings is 1. The molecule has 0 aliphatic carbocycles. The predicted octanol–water partition coefficient (Wildman–Crippen LogP) is 0.822. The van der Waals surface area contributed by atoms with Crippen LogP contribution in [0.1, 0.15) is 18.4 Å². The van der Waals surface area contributed by atoms with Crippen LogP contribution in [-0.4, -0.2) is 42.9 Å². The summed E-state index contributed by atoms with van der Waals surface area (Å²) in [6, 6.07) is 0.210. The van der Waals surface area contributed by atoms with Gasteiger partial charge in [-0.3, -0.25) is 0 Å². The molecule has 1 aromatic rings. The molecule has 18 heavy (non-hydrogen) atoms. The summed E-state index contributed by atoms with van der Waals surface area (Å²) in [5.74, 6) is 0.462. The van der Waals surface area contributed by atoms with E-state index in [1.165, 1.54) is 17.5 Å². The molecule has 0 saturated carbocycles. The molecular formula is C11H17N3O2S2. The van der Waals surface area contributed by atoms with Crippen molar-refractivity contribution in [3.05, 3.63) is 11.2 Å². The van der Waals surface area contributed by atoms with E-state index in [0.29, 0.717) is 10.1 Å². The number of nitrogens with zero attached hydrogens (tertiary/aromatic N) is 2. The quantitative estimate of drug-likeness (QED) is 0.875. The number of aryl methyl sites for hydroxylation is 1. The number of nitrogens with one attached hydrogen (secondary N) is 1. The van der Waals surface area contributed by atoms with Crippen molar-refractivity contribution in [2.24, 2.45) is 5.92 Å². The Bertz CT molecular complexity index is 554. The Morgan fingerprint density at radius 3 is 2.94 bits per heavy atom. The molecule has 0 amide bonds. The van der Waals surface area contributed by atoms with Gasteiger partial charge in [0, 0.05) is 18.6 Å². The first-order valence-corrected chi connectivity index (χ1v) is 8.42. The minimum Gasteiger partial charge on any atom is -0.315 e. The summed E-state index contributed by atoms with van der Waals surface area (Å²) in [6.07, 6.45) is 2.44. The maximum atomic E-state index is 12.7. The van der Waals surface area contributed by atoms with Crippen molar-refractivity contribution in [1.29, 1.82) is 0 Å². The highest BCUT2D eigenvalue weighted by Crippen LogP contribution is 2.37. The fourth-order valence-corrected chi connectivity index (χ4v) is 6.21. The van der Waals surface area contributed by atoms with E-state index in [-0.39, 0.29) is 12.1 Å². The highest BCUT2D eigenvalue weighted by atomic mass is 32.2.